The van der Waals surface area contributed by atoms with Crippen molar-refractivity contribution in [1.29, 1.82) is 0 Å². The molecule has 0 atom stereocenters. The molecular formula is C54H41NS. The number of hydrogen-bond acceptors (Lipinski definition) is 2. The van der Waals surface area contributed by atoms with Gasteiger partial charge in [0.25, 0.3) is 0 Å². The highest BCUT2D eigenvalue weighted by molar-refractivity contribution is 7.26. The summed E-state index contributed by atoms with van der Waals surface area (Å²) in [5.74, 6) is 0. The number of rotatable bonds is 5. The molecule has 1 heterocycles. The topological polar surface area (TPSA) is 3.24 Å². The first-order chi connectivity index (χ1) is 27.3. The Morgan fingerprint density at radius 3 is 1.66 bits per heavy atom. The normalized spacial score (nSPS) is 14.4. The number of nitrogens with zero attached hydrogens (tertiary/aromatic N) is 1. The second kappa shape index (κ2) is 12.1. The molecule has 0 fully saturated rings. The first-order valence-corrected chi connectivity index (χ1v) is 20.5. The Kier molecular flexibility index (Phi) is 7.18. The quantitative estimate of drug-likeness (QED) is 0.170. The largest absolute Gasteiger partial charge is 0.310 e. The fourth-order valence-electron chi connectivity index (χ4n) is 9.99. The Balaban J connectivity index is 1.06. The molecule has 0 saturated carbocycles. The van der Waals surface area contributed by atoms with Crippen molar-refractivity contribution in [3.63, 3.8) is 0 Å². The molecule has 0 N–H and O–H groups in total. The van der Waals surface area contributed by atoms with E-state index in [1.165, 1.54) is 92.6 Å². The van der Waals surface area contributed by atoms with Crippen LogP contribution in [0.3, 0.4) is 0 Å². The van der Waals surface area contributed by atoms with Crippen molar-refractivity contribution in [1.82, 2.24) is 0 Å². The SMILES string of the molecule is CC1(C)c2ccccc2-c2c(N(c3ccc(-c4cccc5c4C(C)(C)c4ccccc4-5)cc3)c3ccc(-c4cccc5c4sc4ccccc45)cc3)cccc21. The van der Waals surface area contributed by atoms with E-state index >= 15 is 0 Å². The molecular weight excluding hydrogens is 695 g/mol. The minimum absolute atomic E-state index is 0.0834. The predicted octanol–water partition coefficient (Wildman–Crippen LogP) is 15.5. The lowest BCUT2D eigenvalue weighted by Crippen LogP contribution is -2.16. The fourth-order valence-corrected chi connectivity index (χ4v) is 11.2. The minimum atomic E-state index is -0.0949. The Bertz CT molecular complexity index is 3010. The Labute approximate surface area is 333 Å². The molecule has 2 aliphatic rings. The van der Waals surface area contributed by atoms with Gasteiger partial charge in [-0.2, -0.15) is 0 Å². The number of anilines is 3. The molecule has 0 radical (unpaired) electrons. The van der Waals surface area contributed by atoms with Crippen LogP contribution in [0, 0.1) is 0 Å². The van der Waals surface area contributed by atoms with Crippen LogP contribution in [-0.2, 0) is 10.8 Å². The number of fused-ring (bicyclic) bond motifs is 9. The van der Waals surface area contributed by atoms with E-state index in [2.05, 4.69) is 209 Å². The molecule has 1 aromatic heterocycles. The summed E-state index contributed by atoms with van der Waals surface area (Å²) in [5.41, 5.74) is 19.2. The van der Waals surface area contributed by atoms with Gasteiger partial charge in [0.15, 0.2) is 0 Å². The van der Waals surface area contributed by atoms with E-state index < -0.39 is 0 Å². The second-order valence-electron chi connectivity index (χ2n) is 16.5. The summed E-state index contributed by atoms with van der Waals surface area (Å²) >= 11 is 1.89. The standard InChI is InChI=1S/C54H41NS/c1-53(2)46-22-9-6-16-44(46)50-47(53)23-13-24-48(50)55(37-32-28-35(29-33-37)39-18-12-20-43-41-15-7-10-25-49(41)56-52(39)43)36-30-26-34(27-31-36)38-17-11-19-42-40-14-5-8-21-45(40)54(3,4)51(38)42/h5-33H,1-4H3. The van der Waals surface area contributed by atoms with E-state index in [0.717, 1.165) is 11.4 Å². The van der Waals surface area contributed by atoms with Gasteiger partial charge in [-0.25, -0.2) is 0 Å². The van der Waals surface area contributed by atoms with E-state index in [4.69, 9.17) is 0 Å². The molecule has 9 aromatic rings. The summed E-state index contributed by atoms with van der Waals surface area (Å²) in [6, 6.07) is 65.6. The number of hydrogen-bond donors (Lipinski definition) is 0. The summed E-state index contributed by atoms with van der Waals surface area (Å²) in [6.45, 7) is 9.47. The van der Waals surface area contributed by atoms with Crippen molar-refractivity contribution in [3.8, 4) is 44.5 Å². The van der Waals surface area contributed by atoms with Crippen LogP contribution in [-0.4, -0.2) is 0 Å². The molecule has 0 unspecified atom stereocenters. The third-order valence-corrected chi connectivity index (χ3v) is 13.9. The molecule has 268 valence electrons. The lowest BCUT2D eigenvalue weighted by Gasteiger charge is -2.29. The summed E-state index contributed by atoms with van der Waals surface area (Å²) in [5, 5.41) is 2.65. The van der Waals surface area contributed by atoms with Crippen molar-refractivity contribution in [2.45, 2.75) is 38.5 Å². The van der Waals surface area contributed by atoms with E-state index in [9.17, 15) is 0 Å². The third-order valence-electron chi connectivity index (χ3n) is 12.7. The Hall–Kier alpha value is -6.22. The Morgan fingerprint density at radius 1 is 0.393 bits per heavy atom. The highest BCUT2D eigenvalue weighted by atomic mass is 32.1. The van der Waals surface area contributed by atoms with Crippen LogP contribution in [0.4, 0.5) is 17.1 Å². The van der Waals surface area contributed by atoms with Gasteiger partial charge in [-0.05, 0) is 97.6 Å². The van der Waals surface area contributed by atoms with Gasteiger partial charge in [0.05, 0.1) is 5.69 Å². The molecule has 0 saturated heterocycles. The average molecular weight is 736 g/mol. The lowest BCUT2D eigenvalue weighted by atomic mass is 9.79. The minimum Gasteiger partial charge on any atom is -0.310 e. The van der Waals surface area contributed by atoms with Crippen molar-refractivity contribution in [2.24, 2.45) is 0 Å². The van der Waals surface area contributed by atoms with Gasteiger partial charge in [-0.15, -0.1) is 11.3 Å². The van der Waals surface area contributed by atoms with Gasteiger partial charge in [0, 0.05) is 47.9 Å². The zero-order valence-corrected chi connectivity index (χ0v) is 32.9. The Morgan fingerprint density at radius 2 is 0.911 bits per heavy atom. The predicted molar refractivity (Wildman–Crippen MR) is 240 cm³/mol. The maximum Gasteiger partial charge on any atom is 0.0543 e. The van der Waals surface area contributed by atoms with Crippen LogP contribution in [0.25, 0.3) is 64.7 Å². The molecule has 56 heavy (non-hydrogen) atoms. The van der Waals surface area contributed by atoms with E-state index in [1.54, 1.807) is 0 Å². The van der Waals surface area contributed by atoms with Crippen LogP contribution in [0.15, 0.2) is 176 Å². The van der Waals surface area contributed by atoms with Gasteiger partial charge in [-0.3, -0.25) is 0 Å². The van der Waals surface area contributed by atoms with E-state index in [0.29, 0.717) is 0 Å². The number of benzene rings is 8. The lowest BCUT2D eigenvalue weighted by molar-refractivity contribution is 0.660. The van der Waals surface area contributed by atoms with Crippen molar-refractivity contribution < 1.29 is 0 Å². The smallest absolute Gasteiger partial charge is 0.0543 e. The van der Waals surface area contributed by atoms with Gasteiger partial charge in [0.1, 0.15) is 0 Å². The molecule has 0 amide bonds. The van der Waals surface area contributed by atoms with E-state index in [-0.39, 0.29) is 10.8 Å². The fraction of sp³-hybridized carbons (Fsp3) is 0.111. The summed E-state index contributed by atoms with van der Waals surface area (Å²) in [7, 11) is 0. The molecule has 8 aromatic carbocycles. The van der Waals surface area contributed by atoms with Gasteiger partial charge in [-0.1, -0.05) is 167 Å². The summed E-state index contributed by atoms with van der Waals surface area (Å²) in [4.78, 5) is 2.47. The second-order valence-corrected chi connectivity index (χ2v) is 17.5. The highest BCUT2D eigenvalue weighted by Gasteiger charge is 2.39. The van der Waals surface area contributed by atoms with Gasteiger partial charge < -0.3 is 4.90 Å². The molecule has 2 aliphatic carbocycles. The van der Waals surface area contributed by atoms with Crippen molar-refractivity contribution in [2.75, 3.05) is 4.90 Å². The molecule has 0 bridgehead atoms. The first kappa shape index (κ1) is 33.1. The molecule has 2 heteroatoms. The molecule has 0 spiro atoms. The monoisotopic (exact) mass is 735 g/mol. The van der Waals surface area contributed by atoms with Crippen molar-refractivity contribution in [3.05, 3.63) is 198 Å². The van der Waals surface area contributed by atoms with Gasteiger partial charge in [0.2, 0.25) is 0 Å². The van der Waals surface area contributed by atoms with Crippen LogP contribution in [0.2, 0.25) is 0 Å². The third kappa shape index (κ3) is 4.72. The molecule has 1 nitrogen and oxygen atoms in total. The highest BCUT2D eigenvalue weighted by Crippen LogP contribution is 2.55. The van der Waals surface area contributed by atoms with Crippen LogP contribution in [0.5, 0.6) is 0 Å². The maximum atomic E-state index is 2.47. The average Bonchev–Trinajstić information content (AvgIpc) is 3.82. The van der Waals surface area contributed by atoms with Crippen LogP contribution >= 0.6 is 11.3 Å². The molecule has 0 aliphatic heterocycles. The number of thiophene rings is 1. The summed E-state index contributed by atoms with van der Waals surface area (Å²) < 4.78 is 2.67. The zero-order chi connectivity index (χ0) is 37.8. The van der Waals surface area contributed by atoms with Crippen LogP contribution in [0.1, 0.15) is 49.9 Å². The maximum absolute atomic E-state index is 2.47. The summed E-state index contributed by atoms with van der Waals surface area (Å²) in [6.07, 6.45) is 0. The van der Waals surface area contributed by atoms with E-state index in [1.807, 2.05) is 11.3 Å². The van der Waals surface area contributed by atoms with Crippen LogP contribution < -0.4 is 4.90 Å². The molecule has 11 rings (SSSR count). The zero-order valence-electron chi connectivity index (χ0n) is 32.1. The van der Waals surface area contributed by atoms with Crippen molar-refractivity contribution >= 4 is 48.6 Å². The first-order valence-electron chi connectivity index (χ1n) is 19.7. The van der Waals surface area contributed by atoms with Gasteiger partial charge >= 0.3 is 0 Å².